The van der Waals surface area contributed by atoms with E-state index in [4.69, 9.17) is 4.74 Å². The number of nitrogens with one attached hydrogen (secondary N) is 1. The van der Waals surface area contributed by atoms with E-state index >= 15 is 0 Å². The van der Waals surface area contributed by atoms with Crippen LogP contribution in [0, 0.1) is 0 Å². The van der Waals surface area contributed by atoms with Crippen LogP contribution in [-0.2, 0) is 22.0 Å². The lowest BCUT2D eigenvalue weighted by Crippen LogP contribution is -2.22. The predicted octanol–water partition coefficient (Wildman–Crippen LogP) is 5.43. The maximum atomic E-state index is 12.7. The van der Waals surface area contributed by atoms with E-state index in [1.54, 1.807) is 6.07 Å². The van der Waals surface area contributed by atoms with E-state index in [9.17, 15) is 8.42 Å². The lowest BCUT2D eigenvalue weighted by atomic mass is 9.93. The summed E-state index contributed by atoms with van der Waals surface area (Å²) in [5.74, 6) is 0.771. The van der Waals surface area contributed by atoms with Crippen LogP contribution < -0.4 is 9.46 Å². The van der Waals surface area contributed by atoms with Crippen LogP contribution in [-0.4, -0.2) is 19.5 Å². The van der Waals surface area contributed by atoms with Crippen LogP contribution in [0.25, 0.3) is 10.6 Å². The number of rotatable bonds is 7. The molecule has 1 aromatic carbocycles. The normalized spacial score (nSPS) is 12.5. The van der Waals surface area contributed by atoms with Crippen molar-refractivity contribution >= 4 is 32.7 Å². The standard InChI is InChI=1S/C21H26N2O3S3/c1-14(2)26-17-8-6-15(7-9-17)11-22-29(24,25)19-10-16(12-27-19)20-23-18(13-28-20)21(3,4)5/h6-10,12-14,22H,11H2,1-5H3. The number of benzene rings is 1. The molecule has 0 bridgehead atoms. The Morgan fingerprint density at radius 2 is 1.79 bits per heavy atom. The third kappa shape index (κ3) is 5.66. The van der Waals surface area contributed by atoms with Crippen molar-refractivity contribution in [3.63, 3.8) is 0 Å². The van der Waals surface area contributed by atoms with E-state index in [1.807, 2.05) is 48.9 Å². The molecule has 0 fully saturated rings. The molecular formula is C21H26N2O3S3. The van der Waals surface area contributed by atoms with Gasteiger partial charge in [-0.05, 0) is 37.6 Å². The molecular weight excluding hydrogens is 424 g/mol. The quantitative estimate of drug-likeness (QED) is 0.521. The van der Waals surface area contributed by atoms with Crippen LogP contribution in [0.1, 0.15) is 45.9 Å². The summed E-state index contributed by atoms with van der Waals surface area (Å²) in [6.07, 6.45) is 0.102. The summed E-state index contributed by atoms with van der Waals surface area (Å²) in [6.45, 7) is 10.5. The van der Waals surface area contributed by atoms with Crippen molar-refractivity contribution in [2.75, 3.05) is 0 Å². The summed E-state index contributed by atoms with van der Waals surface area (Å²) in [7, 11) is -3.58. The molecule has 0 spiro atoms. The number of thiophene rings is 1. The SMILES string of the molecule is CC(C)Oc1ccc(CNS(=O)(=O)c2cc(-c3nc(C(C)(C)C)cs3)cs2)cc1. The van der Waals surface area contributed by atoms with Gasteiger partial charge in [0.15, 0.2) is 0 Å². The summed E-state index contributed by atoms with van der Waals surface area (Å²) in [4.78, 5) is 4.67. The molecule has 2 aromatic heterocycles. The summed E-state index contributed by atoms with van der Waals surface area (Å²) >= 11 is 2.75. The van der Waals surface area contributed by atoms with Gasteiger partial charge in [0.05, 0.1) is 11.8 Å². The molecule has 3 rings (SSSR count). The van der Waals surface area contributed by atoms with Gasteiger partial charge in [-0.1, -0.05) is 32.9 Å². The molecule has 0 unspecified atom stereocenters. The molecule has 156 valence electrons. The van der Waals surface area contributed by atoms with Crippen molar-refractivity contribution in [3.8, 4) is 16.3 Å². The largest absolute Gasteiger partial charge is 0.491 e. The average Bonchev–Trinajstić information content (AvgIpc) is 3.30. The Morgan fingerprint density at radius 3 is 2.38 bits per heavy atom. The van der Waals surface area contributed by atoms with Gasteiger partial charge in [0.2, 0.25) is 10.0 Å². The molecule has 0 saturated carbocycles. The van der Waals surface area contributed by atoms with Gasteiger partial charge in [-0.25, -0.2) is 18.1 Å². The fourth-order valence-electron chi connectivity index (χ4n) is 2.53. The third-order valence-corrected chi connectivity index (χ3v) is 7.85. The third-order valence-electron chi connectivity index (χ3n) is 4.12. The first-order chi connectivity index (χ1) is 13.5. The van der Waals surface area contributed by atoms with Gasteiger partial charge in [-0.15, -0.1) is 22.7 Å². The van der Waals surface area contributed by atoms with Gasteiger partial charge < -0.3 is 4.74 Å². The van der Waals surface area contributed by atoms with Crippen molar-refractivity contribution in [3.05, 3.63) is 52.3 Å². The molecule has 0 aliphatic carbocycles. The van der Waals surface area contributed by atoms with Crippen LogP contribution in [0.3, 0.4) is 0 Å². The minimum absolute atomic E-state index is 0.0308. The lowest BCUT2D eigenvalue weighted by Gasteiger charge is -2.14. The smallest absolute Gasteiger partial charge is 0.250 e. The average molecular weight is 451 g/mol. The second-order valence-electron chi connectivity index (χ2n) is 8.08. The van der Waals surface area contributed by atoms with E-state index in [0.29, 0.717) is 4.21 Å². The van der Waals surface area contributed by atoms with E-state index in [2.05, 4.69) is 30.5 Å². The maximum Gasteiger partial charge on any atom is 0.250 e. The van der Waals surface area contributed by atoms with Crippen molar-refractivity contribution < 1.29 is 13.2 Å². The zero-order chi connectivity index (χ0) is 21.2. The highest BCUT2D eigenvalue weighted by Crippen LogP contribution is 2.33. The molecule has 5 nitrogen and oxygen atoms in total. The van der Waals surface area contributed by atoms with Crippen molar-refractivity contribution in [2.45, 2.75) is 56.9 Å². The maximum absolute atomic E-state index is 12.7. The Labute approximate surface area is 180 Å². The van der Waals surface area contributed by atoms with Gasteiger partial charge in [-0.2, -0.15) is 0 Å². The number of hydrogen-bond acceptors (Lipinski definition) is 6. The Bertz CT molecular complexity index is 1060. The highest BCUT2D eigenvalue weighted by Gasteiger charge is 2.21. The van der Waals surface area contributed by atoms with E-state index in [-0.39, 0.29) is 18.1 Å². The van der Waals surface area contributed by atoms with E-state index < -0.39 is 10.0 Å². The molecule has 1 N–H and O–H groups in total. The first kappa shape index (κ1) is 22.0. The summed E-state index contributed by atoms with van der Waals surface area (Å²) in [5, 5.41) is 4.72. The van der Waals surface area contributed by atoms with Gasteiger partial charge in [0, 0.05) is 28.3 Å². The minimum Gasteiger partial charge on any atom is -0.491 e. The number of thiazole rings is 1. The second-order valence-corrected chi connectivity index (χ2v) is 11.8. The van der Waals surface area contributed by atoms with Gasteiger partial charge >= 0.3 is 0 Å². The minimum atomic E-state index is -3.58. The van der Waals surface area contributed by atoms with Crippen LogP contribution in [0.15, 0.2) is 45.3 Å². The Hall–Kier alpha value is -1.74. The fraction of sp³-hybridized carbons (Fsp3) is 0.381. The molecule has 0 aliphatic heterocycles. The summed E-state index contributed by atoms with van der Waals surface area (Å²) in [5.41, 5.74) is 2.69. The van der Waals surface area contributed by atoms with Crippen molar-refractivity contribution in [2.24, 2.45) is 0 Å². The molecule has 8 heteroatoms. The predicted molar refractivity (Wildman–Crippen MR) is 120 cm³/mol. The zero-order valence-corrected chi connectivity index (χ0v) is 19.7. The number of nitrogens with zero attached hydrogens (tertiary/aromatic N) is 1. The Morgan fingerprint density at radius 1 is 1.10 bits per heavy atom. The highest BCUT2D eigenvalue weighted by molar-refractivity contribution is 7.91. The molecule has 29 heavy (non-hydrogen) atoms. The van der Waals surface area contributed by atoms with Crippen molar-refractivity contribution in [1.29, 1.82) is 0 Å². The molecule has 0 amide bonds. The Balaban J connectivity index is 1.68. The topological polar surface area (TPSA) is 68.3 Å². The summed E-state index contributed by atoms with van der Waals surface area (Å²) in [6, 6.07) is 9.12. The zero-order valence-electron chi connectivity index (χ0n) is 17.2. The molecule has 0 radical (unpaired) electrons. The second kappa shape index (κ2) is 8.55. The number of hydrogen-bond donors (Lipinski definition) is 1. The van der Waals surface area contributed by atoms with Gasteiger partial charge in [0.1, 0.15) is 15.0 Å². The fourth-order valence-corrected chi connectivity index (χ4v) is 5.86. The van der Waals surface area contributed by atoms with Crippen LogP contribution in [0.4, 0.5) is 0 Å². The number of aromatic nitrogens is 1. The molecule has 0 atom stereocenters. The number of ether oxygens (including phenoxy) is 1. The first-order valence-electron chi connectivity index (χ1n) is 9.35. The monoisotopic (exact) mass is 450 g/mol. The first-order valence-corrected chi connectivity index (χ1v) is 12.6. The van der Waals surface area contributed by atoms with Crippen LogP contribution in [0.2, 0.25) is 0 Å². The van der Waals surface area contributed by atoms with E-state index in [0.717, 1.165) is 27.6 Å². The lowest BCUT2D eigenvalue weighted by molar-refractivity contribution is 0.242. The van der Waals surface area contributed by atoms with Gasteiger partial charge in [0.25, 0.3) is 0 Å². The van der Waals surface area contributed by atoms with E-state index in [1.165, 1.54) is 22.7 Å². The van der Waals surface area contributed by atoms with Gasteiger partial charge in [-0.3, -0.25) is 0 Å². The summed E-state index contributed by atoms with van der Waals surface area (Å²) < 4.78 is 33.9. The molecule has 2 heterocycles. The molecule has 0 saturated heterocycles. The van der Waals surface area contributed by atoms with Crippen LogP contribution in [0.5, 0.6) is 5.75 Å². The molecule has 3 aromatic rings. The number of sulfonamides is 1. The van der Waals surface area contributed by atoms with Crippen molar-refractivity contribution in [1.82, 2.24) is 9.71 Å². The highest BCUT2D eigenvalue weighted by atomic mass is 32.2. The molecule has 0 aliphatic rings. The Kier molecular flexibility index (Phi) is 6.48. The van der Waals surface area contributed by atoms with Crippen LogP contribution >= 0.6 is 22.7 Å².